The van der Waals surface area contributed by atoms with Crippen LogP contribution in [0.1, 0.15) is 46.0 Å². The standard InChI is InChI=1S/C25H30N6O9/c1-10-8-30-16(24(10,33)18-20(32)39-22(2,3)37-18)14(26-28-30)11-6-7-12(35-11)15-17-25(34)13(9-31(17)29-27-15)36-21-19(25)38-23(4,5)40-21/h6-7,10,13,18-21,32-34H,8-9H2,1-5H3/t10-,13-,18+,19+,20-,21-,24+,25+/m1/s1. The Labute approximate surface area is 227 Å². The number of rotatable bonds is 3. The number of aromatic nitrogens is 6. The van der Waals surface area contributed by atoms with Crippen LogP contribution in [0.25, 0.3) is 22.9 Å². The Hall–Kier alpha value is -2.76. The lowest BCUT2D eigenvalue weighted by Crippen LogP contribution is -2.48. The molecule has 3 aromatic heterocycles. The maximum atomic E-state index is 12.0. The van der Waals surface area contributed by atoms with Gasteiger partial charge in [0.25, 0.3) is 0 Å². The Kier molecular flexibility index (Phi) is 4.71. The van der Waals surface area contributed by atoms with Crippen molar-refractivity contribution in [2.75, 3.05) is 0 Å². The summed E-state index contributed by atoms with van der Waals surface area (Å²) in [6.45, 7) is 9.35. The molecule has 40 heavy (non-hydrogen) atoms. The Morgan fingerprint density at radius 2 is 1.38 bits per heavy atom. The van der Waals surface area contributed by atoms with E-state index in [1.54, 1.807) is 49.2 Å². The Balaban J connectivity index is 1.17. The molecule has 8 rings (SSSR count). The van der Waals surface area contributed by atoms with Crippen LogP contribution in [0.5, 0.6) is 0 Å². The molecule has 15 nitrogen and oxygen atoms in total. The average molecular weight is 559 g/mol. The molecule has 0 bridgehead atoms. The van der Waals surface area contributed by atoms with Gasteiger partial charge >= 0.3 is 0 Å². The summed E-state index contributed by atoms with van der Waals surface area (Å²) < 4.78 is 38.8. The van der Waals surface area contributed by atoms with Gasteiger partial charge in [0.1, 0.15) is 35.3 Å². The Bertz CT molecular complexity index is 1530. The van der Waals surface area contributed by atoms with Crippen LogP contribution in [0.4, 0.5) is 0 Å². The highest BCUT2D eigenvalue weighted by atomic mass is 16.8. The molecule has 0 spiro atoms. The smallest absolute Gasteiger partial charge is 0.191 e. The fraction of sp³-hybridized carbons (Fsp3) is 0.680. The molecule has 0 aromatic carbocycles. The highest BCUT2D eigenvalue weighted by Crippen LogP contribution is 2.54. The fourth-order valence-electron chi connectivity index (χ4n) is 6.90. The van der Waals surface area contributed by atoms with E-state index in [4.69, 9.17) is 28.1 Å². The van der Waals surface area contributed by atoms with Gasteiger partial charge in [0.05, 0.1) is 6.54 Å². The summed E-state index contributed by atoms with van der Waals surface area (Å²) in [5.74, 6) is -1.75. The number of aliphatic hydroxyl groups excluding tert-OH is 1. The molecular formula is C25H30N6O9. The summed E-state index contributed by atoms with van der Waals surface area (Å²) in [6, 6.07) is 3.38. The van der Waals surface area contributed by atoms with Gasteiger partial charge in [-0.1, -0.05) is 17.4 Å². The SMILES string of the molecule is C[C@@H]1Cn2nnc(-c3ccc(-c4nnn5c4[C@@]4(O)[C@@H](C5)O[C@@H]5OC(C)(C)O[C@@H]54)o3)c2[C@]1(O)[C@H]1OC(C)(C)O[C@H]1O. The van der Waals surface area contributed by atoms with Gasteiger partial charge in [-0.25, -0.2) is 9.36 Å². The topological polar surface area (TPSA) is 181 Å². The first-order valence-corrected chi connectivity index (χ1v) is 13.3. The van der Waals surface area contributed by atoms with Gasteiger partial charge in [-0.05, 0) is 39.8 Å². The molecular weight excluding hydrogens is 528 g/mol. The molecule has 3 N–H and O–H groups in total. The van der Waals surface area contributed by atoms with E-state index in [0.717, 1.165) is 0 Å². The van der Waals surface area contributed by atoms with Crippen molar-refractivity contribution >= 4 is 0 Å². The third kappa shape index (κ3) is 3.06. The summed E-state index contributed by atoms with van der Waals surface area (Å²) in [4.78, 5) is 0. The summed E-state index contributed by atoms with van der Waals surface area (Å²) in [5, 5.41) is 51.7. The van der Waals surface area contributed by atoms with Gasteiger partial charge < -0.3 is 43.4 Å². The van der Waals surface area contributed by atoms with Crippen LogP contribution in [0, 0.1) is 5.92 Å². The van der Waals surface area contributed by atoms with Crippen LogP contribution in [0.15, 0.2) is 16.5 Å². The molecule has 3 saturated heterocycles. The number of ether oxygens (including phenoxy) is 5. The zero-order valence-electron chi connectivity index (χ0n) is 22.5. The van der Waals surface area contributed by atoms with E-state index >= 15 is 0 Å². The minimum atomic E-state index is -1.67. The quantitative estimate of drug-likeness (QED) is 0.396. The summed E-state index contributed by atoms with van der Waals surface area (Å²) >= 11 is 0. The van der Waals surface area contributed by atoms with E-state index in [9.17, 15) is 15.3 Å². The van der Waals surface area contributed by atoms with E-state index in [2.05, 4.69) is 20.6 Å². The van der Waals surface area contributed by atoms with Gasteiger partial charge in [-0.2, -0.15) is 0 Å². The predicted molar refractivity (Wildman–Crippen MR) is 128 cm³/mol. The predicted octanol–water partition coefficient (Wildman–Crippen LogP) is 0.181. The van der Waals surface area contributed by atoms with Gasteiger partial charge in [-0.3, -0.25) is 0 Å². The minimum absolute atomic E-state index is 0.276. The molecule has 0 amide bonds. The molecule has 0 radical (unpaired) electrons. The van der Waals surface area contributed by atoms with E-state index < -0.39 is 53.7 Å². The van der Waals surface area contributed by atoms with E-state index in [-0.39, 0.29) is 18.2 Å². The Morgan fingerprint density at radius 1 is 0.800 bits per heavy atom. The average Bonchev–Trinajstić information content (AvgIpc) is 3.69. The van der Waals surface area contributed by atoms with Crippen molar-refractivity contribution in [3.63, 3.8) is 0 Å². The zero-order valence-corrected chi connectivity index (χ0v) is 22.5. The number of aliphatic hydroxyl groups is 3. The maximum absolute atomic E-state index is 12.0. The fourth-order valence-corrected chi connectivity index (χ4v) is 6.90. The van der Waals surface area contributed by atoms with Crippen LogP contribution < -0.4 is 0 Å². The van der Waals surface area contributed by atoms with Crippen molar-refractivity contribution in [3.8, 4) is 22.9 Å². The molecule has 15 heteroatoms. The molecule has 3 aromatic rings. The molecule has 8 heterocycles. The molecule has 0 aliphatic carbocycles. The summed E-state index contributed by atoms with van der Waals surface area (Å²) in [6.07, 6.45) is -4.57. The third-order valence-corrected chi connectivity index (χ3v) is 8.63. The first-order valence-electron chi connectivity index (χ1n) is 13.3. The van der Waals surface area contributed by atoms with Crippen LogP contribution in [-0.4, -0.2) is 87.8 Å². The lowest BCUT2D eigenvalue weighted by molar-refractivity contribution is -0.228. The van der Waals surface area contributed by atoms with Crippen molar-refractivity contribution in [1.29, 1.82) is 0 Å². The number of hydrogen-bond donors (Lipinski definition) is 3. The maximum Gasteiger partial charge on any atom is 0.191 e. The second-order valence-corrected chi connectivity index (χ2v) is 12.1. The lowest BCUT2D eigenvalue weighted by Gasteiger charge is -2.33. The molecule has 5 aliphatic rings. The number of fused-ring (bicyclic) bond motifs is 6. The van der Waals surface area contributed by atoms with Crippen molar-refractivity contribution in [2.45, 2.75) is 101 Å². The number of nitrogens with zero attached hydrogens (tertiary/aromatic N) is 6. The van der Waals surface area contributed by atoms with Gasteiger partial charge in [0.2, 0.25) is 0 Å². The monoisotopic (exact) mass is 558 g/mol. The van der Waals surface area contributed by atoms with Crippen LogP contribution in [0.2, 0.25) is 0 Å². The zero-order chi connectivity index (χ0) is 28.0. The summed E-state index contributed by atoms with van der Waals surface area (Å²) in [5.41, 5.74) is -1.85. The number of furan rings is 1. The molecule has 0 unspecified atom stereocenters. The normalized spacial score (nSPS) is 40.4. The van der Waals surface area contributed by atoms with Crippen molar-refractivity contribution < 1.29 is 43.4 Å². The van der Waals surface area contributed by atoms with Crippen LogP contribution in [0.3, 0.4) is 0 Å². The van der Waals surface area contributed by atoms with E-state index in [1.807, 2.05) is 6.92 Å². The molecule has 214 valence electrons. The Morgan fingerprint density at radius 3 is 2.00 bits per heavy atom. The molecule has 3 fully saturated rings. The van der Waals surface area contributed by atoms with E-state index in [1.165, 1.54) is 0 Å². The van der Waals surface area contributed by atoms with Crippen LogP contribution in [-0.2, 0) is 48.0 Å². The minimum Gasteiger partial charge on any atom is -0.453 e. The second-order valence-electron chi connectivity index (χ2n) is 12.1. The van der Waals surface area contributed by atoms with Crippen molar-refractivity contribution in [3.05, 3.63) is 23.5 Å². The molecule has 8 atom stereocenters. The van der Waals surface area contributed by atoms with Gasteiger partial charge in [0, 0.05) is 12.5 Å². The molecule has 0 saturated carbocycles. The van der Waals surface area contributed by atoms with Gasteiger partial charge in [0.15, 0.2) is 52.7 Å². The third-order valence-electron chi connectivity index (χ3n) is 8.63. The largest absolute Gasteiger partial charge is 0.453 e. The van der Waals surface area contributed by atoms with Crippen molar-refractivity contribution in [1.82, 2.24) is 30.0 Å². The number of hydrogen-bond acceptors (Lipinski definition) is 13. The van der Waals surface area contributed by atoms with E-state index in [0.29, 0.717) is 35.1 Å². The lowest BCUT2D eigenvalue weighted by atomic mass is 9.82. The highest BCUT2D eigenvalue weighted by molar-refractivity contribution is 5.65. The summed E-state index contributed by atoms with van der Waals surface area (Å²) in [7, 11) is 0. The second kappa shape index (κ2) is 7.54. The van der Waals surface area contributed by atoms with Crippen molar-refractivity contribution in [2.24, 2.45) is 5.92 Å². The molecule has 5 aliphatic heterocycles. The highest BCUT2D eigenvalue weighted by Gasteiger charge is 2.69. The van der Waals surface area contributed by atoms with Gasteiger partial charge in [-0.15, -0.1) is 10.2 Å². The first kappa shape index (κ1) is 25.0. The first-order chi connectivity index (χ1) is 18.8. The van der Waals surface area contributed by atoms with Crippen LogP contribution >= 0.6 is 0 Å².